The second-order valence-corrected chi connectivity index (χ2v) is 8.57. The number of carboxylic acid groups (broad SMARTS) is 1. The summed E-state index contributed by atoms with van der Waals surface area (Å²) in [6.45, 7) is 3.31. The highest BCUT2D eigenvalue weighted by atomic mass is 16.5. The molecule has 1 amide bonds. The van der Waals surface area contributed by atoms with Gasteiger partial charge in [0, 0.05) is 69.0 Å². The Kier molecular flexibility index (Phi) is 6.96. The van der Waals surface area contributed by atoms with Crippen LogP contribution in [0, 0.1) is 0 Å². The number of benzene rings is 2. The third-order valence-electron chi connectivity index (χ3n) is 6.09. The molecule has 2 N–H and O–H groups in total. The van der Waals surface area contributed by atoms with Gasteiger partial charge in [0.2, 0.25) is 5.91 Å². The lowest BCUT2D eigenvalue weighted by Gasteiger charge is -2.37. The number of carbonyl (C=O) groups excluding carboxylic acids is 1. The van der Waals surface area contributed by atoms with Gasteiger partial charge in [-0.05, 0) is 17.7 Å². The van der Waals surface area contributed by atoms with E-state index in [4.69, 9.17) is 4.74 Å². The molecule has 1 aliphatic heterocycles. The zero-order chi connectivity index (χ0) is 23.4. The van der Waals surface area contributed by atoms with Gasteiger partial charge in [0.05, 0.1) is 6.54 Å². The number of carboxylic acids is 1. The summed E-state index contributed by atoms with van der Waals surface area (Å²) in [5, 5.41) is 10.9. The zero-order valence-electron chi connectivity index (χ0n) is 19.0. The second kappa shape index (κ2) is 10.1. The molecule has 1 fully saturated rings. The topological polar surface area (TPSA) is 89.1 Å². The van der Waals surface area contributed by atoms with Gasteiger partial charge in [-0.25, -0.2) is 0 Å². The number of rotatable bonds is 8. The fraction of sp³-hybridized carbons (Fsp3) is 0.360. The number of aromatic nitrogens is 1. The van der Waals surface area contributed by atoms with Gasteiger partial charge in [-0.1, -0.05) is 30.3 Å². The highest BCUT2D eigenvalue weighted by molar-refractivity contribution is 5.90. The van der Waals surface area contributed by atoms with E-state index in [0.29, 0.717) is 39.3 Å². The number of ether oxygens (including phenoxy) is 1. The van der Waals surface area contributed by atoms with Gasteiger partial charge in [-0.3, -0.25) is 19.4 Å². The van der Waals surface area contributed by atoms with Crippen LogP contribution in [0.3, 0.4) is 0 Å². The van der Waals surface area contributed by atoms with Gasteiger partial charge in [0.25, 0.3) is 0 Å². The lowest BCUT2D eigenvalue weighted by Crippen LogP contribution is -2.51. The van der Waals surface area contributed by atoms with Crippen LogP contribution in [0.2, 0.25) is 0 Å². The molecule has 2 heterocycles. The molecule has 0 radical (unpaired) electrons. The van der Waals surface area contributed by atoms with E-state index in [1.807, 2.05) is 53.4 Å². The molecule has 0 saturated carbocycles. The molecule has 2 aromatic carbocycles. The molecule has 1 saturated heterocycles. The molecule has 1 aromatic heterocycles. The van der Waals surface area contributed by atoms with Crippen molar-refractivity contribution in [2.24, 2.45) is 0 Å². The van der Waals surface area contributed by atoms with E-state index in [2.05, 4.69) is 9.88 Å². The molecule has 8 nitrogen and oxygen atoms in total. The van der Waals surface area contributed by atoms with Crippen LogP contribution in [0.15, 0.2) is 54.7 Å². The molecule has 1 atom stereocenters. The molecule has 1 aliphatic rings. The van der Waals surface area contributed by atoms with Crippen LogP contribution >= 0.6 is 0 Å². The van der Waals surface area contributed by atoms with Gasteiger partial charge >= 0.3 is 5.97 Å². The predicted molar refractivity (Wildman–Crippen MR) is 126 cm³/mol. The van der Waals surface area contributed by atoms with Crippen LogP contribution in [0.4, 0.5) is 0 Å². The standard InChI is InChI=1S/C25H30N4O4/c1-27(2)23(30)16-28-10-12-29(13-11-28)24(25(31)32)21-15-26-22-14-19(8-9-20(21)22)33-17-18-6-4-3-5-7-18/h3-9,14-15,24,26H,10-13,16-17H2,1-2H3,(H,31,32)/t24-/m0/s1. The summed E-state index contributed by atoms with van der Waals surface area (Å²) in [5.41, 5.74) is 2.67. The number of carbonyl (C=O) groups is 2. The average Bonchev–Trinajstić information content (AvgIpc) is 3.22. The van der Waals surface area contributed by atoms with Gasteiger partial charge in [-0.15, -0.1) is 0 Å². The van der Waals surface area contributed by atoms with Gasteiger partial charge in [0.15, 0.2) is 0 Å². The SMILES string of the molecule is CN(C)C(=O)CN1CCN([C@H](C(=O)O)c2c[nH]c3cc(OCc4ccccc4)ccc23)CC1. The third-order valence-corrected chi connectivity index (χ3v) is 6.09. The van der Waals surface area contributed by atoms with Gasteiger partial charge < -0.3 is 19.7 Å². The van der Waals surface area contributed by atoms with Gasteiger partial charge in [-0.2, -0.15) is 0 Å². The summed E-state index contributed by atoms with van der Waals surface area (Å²) in [6, 6.07) is 14.9. The van der Waals surface area contributed by atoms with E-state index in [9.17, 15) is 14.7 Å². The van der Waals surface area contributed by atoms with Crippen LogP contribution in [0.25, 0.3) is 10.9 Å². The number of nitrogens with one attached hydrogen (secondary N) is 1. The minimum absolute atomic E-state index is 0.0557. The number of aliphatic carboxylic acids is 1. The number of hydrogen-bond donors (Lipinski definition) is 2. The van der Waals surface area contributed by atoms with Crippen LogP contribution in [-0.4, -0.2) is 83.5 Å². The summed E-state index contributed by atoms with van der Waals surface area (Å²) in [6.07, 6.45) is 1.78. The van der Waals surface area contributed by atoms with Crippen LogP contribution < -0.4 is 4.74 Å². The summed E-state index contributed by atoms with van der Waals surface area (Å²) in [4.78, 5) is 33.1. The Hall–Kier alpha value is -3.36. The quantitative estimate of drug-likeness (QED) is 0.548. The molecule has 8 heteroatoms. The van der Waals surface area contributed by atoms with Crippen LogP contribution in [0.5, 0.6) is 5.75 Å². The summed E-state index contributed by atoms with van der Waals surface area (Å²) in [5.74, 6) is -0.0934. The molecular formula is C25H30N4O4. The summed E-state index contributed by atoms with van der Waals surface area (Å²) >= 11 is 0. The number of amides is 1. The van der Waals surface area contributed by atoms with Crippen LogP contribution in [0.1, 0.15) is 17.2 Å². The van der Waals surface area contributed by atoms with Crippen molar-refractivity contribution in [3.05, 3.63) is 65.9 Å². The third kappa shape index (κ3) is 5.35. The van der Waals surface area contributed by atoms with E-state index in [1.54, 1.807) is 25.2 Å². The van der Waals surface area contributed by atoms with Crippen molar-refractivity contribution >= 4 is 22.8 Å². The predicted octanol–water partition coefficient (Wildman–Crippen LogP) is 2.58. The lowest BCUT2D eigenvalue weighted by molar-refractivity contribution is -0.145. The summed E-state index contributed by atoms with van der Waals surface area (Å²) < 4.78 is 5.91. The largest absolute Gasteiger partial charge is 0.489 e. The number of aromatic amines is 1. The first-order valence-corrected chi connectivity index (χ1v) is 11.1. The maximum absolute atomic E-state index is 12.3. The van der Waals surface area contributed by atoms with Gasteiger partial charge in [0.1, 0.15) is 18.4 Å². The van der Waals surface area contributed by atoms with Crippen molar-refractivity contribution in [2.75, 3.05) is 46.8 Å². The van der Waals surface area contributed by atoms with Crippen molar-refractivity contribution in [2.45, 2.75) is 12.6 Å². The maximum atomic E-state index is 12.3. The lowest BCUT2D eigenvalue weighted by atomic mass is 10.0. The Balaban J connectivity index is 1.45. The molecule has 0 bridgehead atoms. The number of hydrogen-bond acceptors (Lipinski definition) is 5. The van der Waals surface area contributed by atoms with Crippen molar-refractivity contribution in [1.29, 1.82) is 0 Å². The Bertz CT molecular complexity index is 1100. The van der Waals surface area contributed by atoms with E-state index in [-0.39, 0.29) is 5.91 Å². The molecule has 0 aliphatic carbocycles. The second-order valence-electron chi connectivity index (χ2n) is 8.57. The van der Waals surface area contributed by atoms with Crippen molar-refractivity contribution < 1.29 is 19.4 Å². The van der Waals surface area contributed by atoms with E-state index < -0.39 is 12.0 Å². The Labute approximate surface area is 193 Å². The fourth-order valence-corrected chi connectivity index (χ4v) is 4.18. The molecule has 4 rings (SSSR count). The minimum atomic E-state index is -0.877. The Morgan fingerprint density at radius 2 is 1.82 bits per heavy atom. The highest BCUT2D eigenvalue weighted by Crippen LogP contribution is 2.31. The van der Waals surface area contributed by atoms with Crippen molar-refractivity contribution in [3.63, 3.8) is 0 Å². The monoisotopic (exact) mass is 450 g/mol. The molecule has 33 heavy (non-hydrogen) atoms. The minimum Gasteiger partial charge on any atom is -0.489 e. The Morgan fingerprint density at radius 1 is 1.09 bits per heavy atom. The van der Waals surface area contributed by atoms with Crippen molar-refractivity contribution in [3.8, 4) is 5.75 Å². The van der Waals surface area contributed by atoms with Crippen molar-refractivity contribution in [1.82, 2.24) is 19.7 Å². The molecule has 0 unspecified atom stereocenters. The number of nitrogens with zero attached hydrogens (tertiary/aromatic N) is 3. The smallest absolute Gasteiger partial charge is 0.325 e. The van der Waals surface area contributed by atoms with E-state index >= 15 is 0 Å². The number of H-pyrrole nitrogens is 1. The first-order chi connectivity index (χ1) is 15.9. The van der Waals surface area contributed by atoms with E-state index in [0.717, 1.165) is 27.8 Å². The molecule has 174 valence electrons. The molecule has 0 spiro atoms. The summed E-state index contributed by atoms with van der Waals surface area (Å²) in [7, 11) is 3.49. The number of piperazine rings is 1. The van der Waals surface area contributed by atoms with Crippen LogP contribution in [-0.2, 0) is 16.2 Å². The average molecular weight is 451 g/mol. The Morgan fingerprint density at radius 3 is 2.48 bits per heavy atom. The molecular weight excluding hydrogens is 420 g/mol. The fourth-order valence-electron chi connectivity index (χ4n) is 4.18. The normalized spacial score (nSPS) is 15.9. The highest BCUT2D eigenvalue weighted by Gasteiger charge is 2.32. The number of fused-ring (bicyclic) bond motifs is 1. The first-order valence-electron chi connectivity index (χ1n) is 11.1. The first kappa shape index (κ1) is 22.8. The molecule has 3 aromatic rings. The number of likely N-dealkylation sites (N-methyl/N-ethyl adjacent to an activating group) is 1. The zero-order valence-corrected chi connectivity index (χ0v) is 19.0. The maximum Gasteiger partial charge on any atom is 0.325 e. The van der Waals surface area contributed by atoms with E-state index in [1.165, 1.54) is 0 Å².